The molecule has 104 valence electrons. The fraction of sp³-hybridized carbons (Fsp3) is 0.0625. The Kier molecular flexibility index (Phi) is 3.23. The van der Waals surface area contributed by atoms with Gasteiger partial charge in [-0.3, -0.25) is 14.0 Å². The standard InChI is InChI=1S/C16H13N3O2/c1-11-7-8-19-14(9-11)17-10-13(16(19)21)15(20)18-12-5-3-2-4-6-12/h2-10H,1H3,(H,18,20). The molecule has 3 aromatic rings. The van der Waals surface area contributed by atoms with Gasteiger partial charge >= 0.3 is 0 Å². The van der Waals surface area contributed by atoms with E-state index in [9.17, 15) is 9.59 Å². The minimum Gasteiger partial charge on any atom is -0.322 e. The molecule has 0 bridgehead atoms. The first-order valence-electron chi connectivity index (χ1n) is 6.49. The highest BCUT2D eigenvalue weighted by atomic mass is 16.2. The number of benzene rings is 1. The van der Waals surface area contributed by atoms with Gasteiger partial charge in [0.15, 0.2) is 0 Å². The van der Waals surface area contributed by atoms with Crippen LogP contribution >= 0.6 is 0 Å². The van der Waals surface area contributed by atoms with Crippen molar-refractivity contribution < 1.29 is 4.79 Å². The summed E-state index contributed by atoms with van der Waals surface area (Å²) >= 11 is 0. The van der Waals surface area contributed by atoms with Gasteiger partial charge < -0.3 is 5.32 Å². The smallest absolute Gasteiger partial charge is 0.270 e. The maximum absolute atomic E-state index is 12.3. The van der Waals surface area contributed by atoms with Gasteiger partial charge in [0.05, 0.1) is 0 Å². The van der Waals surface area contributed by atoms with Crippen LogP contribution in [0.1, 0.15) is 15.9 Å². The molecule has 3 rings (SSSR count). The summed E-state index contributed by atoms with van der Waals surface area (Å²) in [5.41, 5.74) is 1.80. The molecule has 0 aliphatic carbocycles. The minimum absolute atomic E-state index is 0.0141. The molecule has 0 unspecified atom stereocenters. The average molecular weight is 279 g/mol. The summed E-state index contributed by atoms with van der Waals surface area (Å²) in [7, 11) is 0. The molecule has 1 amide bonds. The third-order valence-electron chi connectivity index (χ3n) is 3.14. The number of para-hydroxylation sites is 1. The van der Waals surface area contributed by atoms with Gasteiger partial charge in [0.2, 0.25) is 0 Å². The molecule has 0 fully saturated rings. The molecule has 0 aliphatic heterocycles. The monoisotopic (exact) mass is 279 g/mol. The van der Waals surface area contributed by atoms with E-state index in [0.717, 1.165) is 5.56 Å². The number of hydrogen-bond donors (Lipinski definition) is 1. The first kappa shape index (κ1) is 13.1. The summed E-state index contributed by atoms with van der Waals surface area (Å²) in [6, 6.07) is 12.6. The van der Waals surface area contributed by atoms with E-state index in [-0.39, 0.29) is 11.1 Å². The Morgan fingerprint density at radius 2 is 1.95 bits per heavy atom. The Hall–Kier alpha value is -2.95. The van der Waals surface area contributed by atoms with E-state index in [4.69, 9.17) is 0 Å². The van der Waals surface area contributed by atoms with E-state index in [1.807, 2.05) is 25.1 Å². The number of carbonyl (C=O) groups excluding carboxylic acids is 1. The van der Waals surface area contributed by atoms with Gasteiger partial charge in [-0.2, -0.15) is 0 Å². The van der Waals surface area contributed by atoms with Crippen LogP contribution in [0.15, 0.2) is 59.7 Å². The topological polar surface area (TPSA) is 63.5 Å². The highest BCUT2D eigenvalue weighted by Crippen LogP contribution is 2.07. The van der Waals surface area contributed by atoms with Gasteiger partial charge in [0.25, 0.3) is 11.5 Å². The van der Waals surface area contributed by atoms with Crippen LogP contribution in [-0.4, -0.2) is 15.3 Å². The first-order chi connectivity index (χ1) is 10.1. The van der Waals surface area contributed by atoms with Crippen molar-refractivity contribution in [1.82, 2.24) is 9.38 Å². The fourth-order valence-corrected chi connectivity index (χ4v) is 2.05. The van der Waals surface area contributed by atoms with Crippen molar-refractivity contribution >= 4 is 17.2 Å². The van der Waals surface area contributed by atoms with Crippen LogP contribution in [-0.2, 0) is 0 Å². The molecular formula is C16H13N3O2. The molecule has 0 spiro atoms. The van der Waals surface area contributed by atoms with Gasteiger partial charge in [0, 0.05) is 18.1 Å². The Balaban J connectivity index is 2.01. The summed E-state index contributed by atoms with van der Waals surface area (Å²) in [5, 5.41) is 2.68. The van der Waals surface area contributed by atoms with Crippen LogP contribution in [0.3, 0.4) is 0 Å². The summed E-state index contributed by atoms with van der Waals surface area (Å²) in [6.45, 7) is 1.92. The second kappa shape index (κ2) is 5.20. The maximum Gasteiger partial charge on any atom is 0.270 e. The first-order valence-corrected chi connectivity index (χ1v) is 6.49. The van der Waals surface area contributed by atoms with Crippen molar-refractivity contribution in [3.05, 3.63) is 76.3 Å². The molecule has 0 aliphatic rings. The lowest BCUT2D eigenvalue weighted by atomic mass is 10.2. The molecule has 2 aromatic heterocycles. The number of fused-ring (bicyclic) bond motifs is 1. The third-order valence-corrected chi connectivity index (χ3v) is 3.14. The lowest BCUT2D eigenvalue weighted by Crippen LogP contribution is -2.26. The number of anilines is 1. The molecule has 2 heterocycles. The number of carbonyl (C=O) groups is 1. The molecule has 1 aromatic carbocycles. The van der Waals surface area contributed by atoms with Crippen LogP contribution in [0.25, 0.3) is 5.65 Å². The predicted molar refractivity (Wildman–Crippen MR) is 80.6 cm³/mol. The second-order valence-corrected chi connectivity index (χ2v) is 4.73. The number of nitrogens with zero attached hydrogens (tertiary/aromatic N) is 2. The summed E-state index contributed by atoms with van der Waals surface area (Å²) in [6.07, 6.45) is 2.94. The largest absolute Gasteiger partial charge is 0.322 e. The highest BCUT2D eigenvalue weighted by molar-refractivity contribution is 6.03. The van der Waals surface area contributed by atoms with Gasteiger partial charge in [-0.1, -0.05) is 18.2 Å². The van der Waals surface area contributed by atoms with E-state index >= 15 is 0 Å². The zero-order valence-electron chi connectivity index (χ0n) is 11.4. The Bertz CT molecular complexity index is 870. The Morgan fingerprint density at radius 3 is 2.71 bits per heavy atom. The normalized spacial score (nSPS) is 10.5. The summed E-state index contributed by atoms with van der Waals surface area (Å²) in [5.74, 6) is -0.464. The second-order valence-electron chi connectivity index (χ2n) is 4.73. The molecule has 0 atom stereocenters. The third kappa shape index (κ3) is 2.53. The van der Waals surface area contributed by atoms with Crippen molar-refractivity contribution in [2.45, 2.75) is 6.92 Å². The van der Waals surface area contributed by atoms with Gasteiger partial charge in [0.1, 0.15) is 11.2 Å². The van der Waals surface area contributed by atoms with E-state index < -0.39 is 5.91 Å². The van der Waals surface area contributed by atoms with Crippen LogP contribution < -0.4 is 10.9 Å². The lowest BCUT2D eigenvalue weighted by Gasteiger charge is -2.06. The van der Waals surface area contributed by atoms with Crippen molar-refractivity contribution in [3.63, 3.8) is 0 Å². The lowest BCUT2D eigenvalue weighted by molar-refractivity contribution is 0.102. The molecule has 5 nitrogen and oxygen atoms in total. The average Bonchev–Trinajstić information content (AvgIpc) is 2.48. The number of aromatic nitrogens is 2. The van der Waals surface area contributed by atoms with Crippen molar-refractivity contribution in [1.29, 1.82) is 0 Å². The van der Waals surface area contributed by atoms with Crippen LogP contribution in [0, 0.1) is 6.92 Å². The van der Waals surface area contributed by atoms with E-state index in [1.165, 1.54) is 10.6 Å². The molecule has 1 N–H and O–H groups in total. The zero-order valence-corrected chi connectivity index (χ0v) is 11.4. The van der Waals surface area contributed by atoms with Crippen molar-refractivity contribution in [2.75, 3.05) is 5.32 Å². The molecular weight excluding hydrogens is 266 g/mol. The van der Waals surface area contributed by atoms with E-state index in [2.05, 4.69) is 10.3 Å². The molecule has 5 heteroatoms. The van der Waals surface area contributed by atoms with Gasteiger partial charge in [-0.05, 0) is 36.8 Å². The number of aryl methyl sites for hydroxylation is 1. The zero-order chi connectivity index (χ0) is 14.8. The van der Waals surface area contributed by atoms with Crippen molar-refractivity contribution in [2.24, 2.45) is 0 Å². The number of nitrogens with one attached hydrogen (secondary N) is 1. The predicted octanol–water partition coefficient (Wildman–Crippen LogP) is 2.26. The number of amides is 1. The molecule has 0 radical (unpaired) electrons. The molecule has 21 heavy (non-hydrogen) atoms. The number of pyridine rings is 1. The number of hydrogen-bond acceptors (Lipinski definition) is 3. The summed E-state index contributed by atoms with van der Waals surface area (Å²) < 4.78 is 1.37. The maximum atomic E-state index is 12.3. The minimum atomic E-state index is -0.464. The number of rotatable bonds is 2. The van der Waals surface area contributed by atoms with Crippen LogP contribution in [0.2, 0.25) is 0 Å². The summed E-state index contributed by atoms with van der Waals surface area (Å²) in [4.78, 5) is 28.7. The van der Waals surface area contributed by atoms with E-state index in [0.29, 0.717) is 11.3 Å². The quantitative estimate of drug-likeness (QED) is 0.782. The van der Waals surface area contributed by atoms with Gasteiger partial charge in [-0.15, -0.1) is 0 Å². The SMILES string of the molecule is Cc1ccn2c(=O)c(C(=O)Nc3ccccc3)cnc2c1. The Morgan fingerprint density at radius 1 is 1.19 bits per heavy atom. The van der Waals surface area contributed by atoms with Gasteiger partial charge in [-0.25, -0.2) is 4.98 Å². The van der Waals surface area contributed by atoms with Crippen LogP contribution in [0.4, 0.5) is 5.69 Å². The fourth-order valence-electron chi connectivity index (χ4n) is 2.05. The van der Waals surface area contributed by atoms with Crippen molar-refractivity contribution in [3.8, 4) is 0 Å². The molecule has 0 saturated heterocycles. The Labute approximate surface area is 120 Å². The van der Waals surface area contributed by atoms with Crippen LogP contribution in [0.5, 0.6) is 0 Å². The molecule has 0 saturated carbocycles. The highest BCUT2D eigenvalue weighted by Gasteiger charge is 2.13. The van der Waals surface area contributed by atoms with E-state index in [1.54, 1.807) is 30.5 Å².